The molecule has 3 N–H and O–H groups in total. The van der Waals surface area contributed by atoms with Gasteiger partial charge in [0.25, 0.3) is 0 Å². The highest BCUT2D eigenvalue weighted by Gasteiger charge is 2.13. The van der Waals surface area contributed by atoms with E-state index in [1.165, 1.54) is 26.0 Å². The topological polar surface area (TPSA) is 80.9 Å². The normalized spacial score (nSPS) is 10.2. The van der Waals surface area contributed by atoms with E-state index in [1.54, 1.807) is 19.2 Å². The van der Waals surface area contributed by atoms with Crippen molar-refractivity contribution >= 4 is 63.7 Å². The quantitative estimate of drug-likeness (QED) is 0.239. The van der Waals surface area contributed by atoms with E-state index in [2.05, 4.69) is 16.0 Å². The molecule has 0 heterocycles. The predicted molar refractivity (Wildman–Crippen MR) is 143 cm³/mol. The summed E-state index contributed by atoms with van der Waals surface area (Å²) in [5, 5.41) is 9.90. The van der Waals surface area contributed by atoms with Crippen molar-refractivity contribution in [2.45, 2.75) is 4.90 Å². The van der Waals surface area contributed by atoms with E-state index in [4.69, 9.17) is 38.0 Å². The number of ether oxygens (including phenoxy) is 3. The highest BCUT2D eigenvalue weighted by atomic mass is 35.5. The van der Waals surface area contributed by atoms with Crippen molar-refractivity contribution in [1.29, 1.82) is 0 Å². The van der Waals surface area contributed by atoms with Crippen LogP contribution in [0.1, 0.15) is 0 Å². The maximum Gasteiger partial charge on any atom is 0.234 e. The molecule has 3 aromatic carbocycles. The Labute approximate surface area is 213 Å². The third-order valence-corrected chi connectivity index (χ3v) is 6.06. The first-order chi connectivity index (χ1) is 16.4. The third kappa shape index (κ3) is 6.93. The molecule has 0 aromatic heterocycles. The van der Waals surface area contributed by atoms with E-state index in [1.807, 2.05) is 48.5 Å². The minimum absolute atomic E-state index is 0.195. The van der Waals surface area contributed by atoms with Gasteiger partial charge < -0.3 is 30.2 Å². The van der Waals surface area contributed by atoms with Crippen LogP contribution in [0.25, 0.3) is 0 Å². The van der Waals surface area contributed by atoms with Crippen molar-refractivity contribution < 1.29 is 19.0 Å². The van der Waals surface area contributed by atoms with E-state index in [9.17, 15) is 4.79 Å². The molecule has 0 spiro atoms. The van der Waals surface area contributed by atoms with Gasteiger partial charge in [0.2, 0.25) is 5.91 Å². The Bertz CT molecular complexity index is 1180. The number of methoxy groups -OCH3 is 3. The predicted octanol–water partition coefficient (Wildman–Crippen LogP) is 5.91. The molecule has 0 fully saturated rings. The Hall–Kier alpha value is -3.14. The number of benzene rings is 3. The second kappa shape index (κ2) is 12.4. The number of hydrogen-bond donors (Lipinski definition) is 3. The molecule has 7 nitrogen and oxygen atoms in total. The van der Waals surface area contributed by atoms with Gasteiger partial charge in [-0.3, -0.25) is 4.79 Å². The van der Waals surface area contributed by atoms with Crippen molar-refractivity contribution in [1.82, 2.24) is 0 Å². The van der Waals surface area contributed by atoms with Crippen molar-refractivity contribution in [3.63, 3.8) is 0 Å². The van der Waals surface area contributed by atoms with Crippen LogP contribution in [0.15, 0.2) is 65.6 Å². The number of para-hydroxylation sites is 2. The van der Waals surface area contributed by atoms with Crippen molar-refractivity contribution in [2.24, 2.45) is 0 Å². The third-order valence-electron chi connectivity index (χ3n) is 4.57. The molecule has 0 bridgehead atoms. The van der Waals surface area contributed by atoms with Crippen LogP contribution >= 0.6 is 35.6 Å². The van der Waals surface area contributed by atoms with E-state index >= 15 is 0 Å². The zero-order valence-corrected chi connectivity index (χ0v) is 21.2. The van der Waals surface area contributed by atoms with E-state index in [-0.39, 0.29) is 11.7 Å². The van der Waals surface area contributed by atoms with Gasteiger partial charge >= 0.3 is 0 Å². The molecule has 3 aromatic rings. The van der Waals surface area contributed by atoms with Crippen LogP contribution in [0.2, 0.25) is 5.02 Å². The van der Waals surface area contributed by atoms with Gasteiger partial charge in [-0.1, -0.05) is 29.8 Å². The highest BCUT2D eigenvalue weighted by Crippen LogP contribution is 2.36. The van der Waals surface area contributed by atoms with Crippen LogP contribution < -0.4 is 30.2 Å². The fourth-order valence-corrected chi connectivity index (χ4v) is 4.21. The molecule has 10 heteroatoms. The Morgan fingerprint density at radius 2 is 1.59 bits per heavy atom. The lowest BCUT2D eigenvalue weighted by Gasteiger charge is -2.14. The molecular formula is C24H24ClN3O4S2. The van der Waals surface area contributed by atoms with Gasteiger partial charge in [0.15, 0.2) is 5.11 Å². The number of amides is 1. The summed E-state index contributed by atoms with van der Waals surface area (Å²) in [4.78, 5) is 13.4. The SMILES string of the molecule is COc1cc(OC)c(NC(=O)CSc2cccc(NC(=S)Nc3ccccc3OC)c2)cc1Cl. The molecule has 0 aliphatic heterocycles. The average Bonchev–Trinajstić information content (AvgIpc) is 2.83. The molecule has 0 radical (unpaired) electrons. The molecule has 1 amide bonds. The largest absolute Gasteiger partial charge is 0.495 e. The second-order valence-electron chi connectivity index (χ2n) is 6.83. The van der Waals surface area contributed by atoms with Gasteiger partial charge in [0.05, 0.1) is 43.5 Å². The van der Waals surface area contributed by atoms with Crippen LogP contribution in [-0.2, 0) is 4.79 Å². The standard InChI is InChI=1S/C24H24ClN3O4S2/c1-30-20-10-5-4-9-18(20)28-24(33)26-15-7-6-8-16(11-15)34-14-23(29)27-19-12-17(25)21(31-2)13-22(19)32-3/h4-13H,14H2,1-3H3,(H,27,29)(H2,26,28,33). The first-order valence-corrected chi connectivity index (χ1v) is 11.9. The lowest BCUT2D eigenvalue weighted by Crippen LogP contribution is -2.19. The van der Waals surface area contributed by atoms with Gasteiger partial charge in [0, 0.05) is 16.6 Å². The zero-order chi connectivity index (χ0) is 24.5. The maximum atomic E-state index is 12.5. The minimum Gasteiger partial charge on any atom is -0.495 e. The number of thiocarbonyl (C=S) groups is 1. The molecule has 34 heavy (non-hydrogen) atoms. The molecule has 3 rings (SSSR count). The number of thioether (sulfide) groups is 1. The Balaban J connectivity index is 1.58. The summed E-state index contributed by atoms with van der Waals surface area (Å²) in [5.41, 5.74) is 2.03. The zero-order valence-electron chi connectivity index (χ0n) is 18.8. The van der Waals surface area contributed by atoms with Crippen LogP contribution in [0, 0.1) is 0 Å². The summed E-state index contributed by atoms with van der Waals surface area (Å²) < 4.78 is 15.8. The molecule has 178 valence electrons. The summed E-state index contributed by atoms with van der Waals surface area (Å²) in [6.07, 6.45) is 0. The molecule has 0 atom stereocenters. The Morgan fingerprint density at radius 1 is 0.853 bits per heavy atom. The van der Waals surface area contributed by atoms with Crippen molar-refractivity contribution in [3.05, 3.63) is 65.7 Å². The fraction of sp³-hybridized carbons (Fsp3) is 0.167. The number of anilines is 3. The van der Waals surface area contributed by atoms with Gasteiger partial charge in [-0.2, -0.15) is 0 Å². The summed E-state index contributed by atoms with van der Waals surface area (Å²) in [6.45, 7) is 0. The molecular weight excluding hydrogens is 494 g/mol. The molecule has 0 saturated heterocycles. The van der Waals surface area contributed by atoms with Crippen molar-refractivity contribution in [2.75, 3.05) is 43.0 Å². The van der Waals surface area contributed by atoms with Gasteiger partial charge in [0.1, 0.15) is 17.2 Å². The van der Waals surface area contributed by atoms with Crippen molar-refractivity contribution in [3.8, 4) is 17.2 Å². The first kappa shape index (κ1) is 25.5. The number of halogens is 1. The smallest absolute Gasteiger partial charge is 0.234 e. The average molecular weight is 518 g/mol. The molecule has 0 unspecified atom stereocenters. The van der Waals surface area contributed by atoms with Crippen LogP contribution in [0.5, 0.6) is 17.2 Å². The van der Waals surface area contributed by atoms with Crippen LogP contribution in [-0.4, -0.2) is 38.1 Å². The summed E-state index contributed by atoms with van der Waals surface area (Å²) in [6, 6.07) is 18.4. The van der Waals surface area contributed by atoms with Gasteiger partial charge in [-0.05, 0) is 48.6 Å². The summed E-state index contributed by atoms with van der Waals surface area (Å²) >= 11 is 13.0. The van der Waals surface area contributed by atoms with Gasteiger partial charge in [-0.25, -0.2) is 0 Å². The molecule has 0 aliphatic carbocycles. The Kier molecular flexibility index (Phi) is 9.26. The maximum absolute atomic E-state index is 12.5. The van der Waals surface area contributed by atoms with Crippen LogP contribution in [0.4, 0.5) is 17.1 Å². The summed E-state index contributed by atoms with van der Waals surface area (Å²) in [7, 11) is 4.63. The number of hydrogen-bond acceptors (Lipinski definition) is 6. The summed E-state index contributed by atoms with van der Waals surface area (Å²) in [5.74, 6) is 1.61. The first-order valence-electron chi connectivity index (χ1n) is 10.1. The molecule has 0 saturated carbocycles. The number of rotatable bonds is 9. The lowest BCUT2D eigenvalue weighted by atomic mass is 10.2. The highest BCUT2D eigenvalue weighted by molar-refractivity contribution is 8.00. The number of nitrogens with one attached hydrogen (secondary N) is 3. The second-order valence-corrected chi connectivity index (χ2v) is 8.70. The van der Waals surface area contributed by atoms with Gasteiger partial charge in [-0.15, -0.1) is 11.8 Å². The lowest BCUT2D eigenvalue weighted by molar-refractivity contribution is -0.113. The molecule has 0 aliphatic rings. The Morgan fingerprint density at radius 3 is 2.32 bits per heavy atom. The minimum atomic E-state index is -0.198. The number of carbonyl (C=O) groups excluding carboxylic acids is 1. The van der Waals surface area contributed by atoms with E-state index in [0.717, 1.165) is 16.3 Å². The number of carbonyl (C=O) groups is 1. The van der Waals surface area contributed by atoms with Crippen LogP contribution in [0.3, 0.4) is 0 Å². The fourth-order valence-electron chi connectivity index (χ4n) is 2.99. The van der Waals surface area contributed by atoms with E-state index < -0.39 is 0 Å². The van der Waals surface area contributed by atoms with E-state index in [0.29, 0.717) is 33.1 Å². The monoisotopic (exact) mass is 517 g/mol.